The highest BCUT2D eigenvalue weighted by molar-refractivity contribution is 9.10. The van der Waals surface area contributed by atoms with E-state index in [4.69, 9.17) is 9.47 Å². The molecule has 1 aliphatic rings. The molecule has 1 N–H and O–H groups in total. The third kappa shape index (κ3) is 3.59. The van der Waals surface area contributed by atoms with Crippen LogP contribution in [0, 0.1) is 11.3 Å². The van der Waals surface area contributed by atoms with Gasteiger partial charge in [0.2, 0.25) is 0 Å². The molecule has 0 spiro atoms. The topological polar surface area (TPSA) is 82.8 Å². The molecule has 0 radical (unpaired) electrons. The van der Waals surface area contributed by atoms with Crippen molar-refractivity contribution in [2.75, 3.05) is 33.4 Å². The number of amides is 1. The summed E-state index contributed by atoms with van der Waals surface area (Å²) in [7, 11) is 1.43. The Morgan fingerprint density at radius 2 is 2.18 bits per heavy atom. The van der Waals surface area contributed by atoms with E-state index in [1.165, 1.54) is 13.2 Å². The fourth-order valence-electron chi connectivity index (χ4n) is 2.08. The molecule has 0 bridgehead atoms. The molecule has 0 atom stereocenters. The number of phenolic OH excluding ortho intramolecular Hbond substituents is 1. The summed E-state index contributed by atoms with van der Waals surface area (Å²) in [4.78, 5) is 13.9. The average molecular weight is 367 g/mol. The first kappa shape index (κ1) is 16.3. The number of carbonyl (C=O) groups is 1. The molecule has 0 unspecified atom stereocenters. The lowest BCUT2D eigenvalue weighted by Crippen LogP contribution is -2.41. The molecular weight excluding hydrogens is 352 g/mol. The van der Waals surface area contributed by atoms with Crippen molar-refractivity contribution in [2.45, 2.75) is 0 Å². The standard InChI is InChI=1S/C15H15BrN2O4/c1-21-13-8-10(7-12(16)14(13)19)6-11(9-17)15(20)18-2-4-22-5-3-18/h6-8,19H,2-5H2,1H3/b11-6+. The summed E-state index contributed by atoms with van der Waals surface area (Å²) in [6.45, 7) is 1.90. The Kier molecular flexibility index (Phi) is 5.41. The fourth-order valence-corrected chi connectivity index (χ4v) is 2.54. The van der Waals surface area contributed by atoms with Crippen LogP contribution in [0.5, 0.6) is 11.5 Å². The minimum absolute atomic E-state index is 0.0292. The quantitative estimate of drug-likeness (QED) is 0.652. The van der Waals surface area contributed by atoms with Gasteiger partial charge < -0.3 is 19.5 Å². The largest absolute Gasteiger partial charge is 0.503 e. The molecule has 1 saturated heterocycles. The van der Waals surface area contributed by atoms with E-state index in [0.717, 1.165) is 0 Å². The second kappa shape index (κ2) is 7.29. The third-order valence-electron chi connectivity index (χ3n) is 3.23. The van der Waals surface area contributed by atoms with Crippen molar-refractivity contribution >= 4 is 27.9 Å². The van der Waals surface area contributed by atoms with Gasteiger partial charge in [0.25, 0.3) is 5.91 Å². The number of aromatic hydroxyl groups is 1. The van der Waals surface area contributed by atoms with Crippen LogP contribution < -0.4 is 4.74 Å². The van der Waals surface area contributed by atoms with Crippen LogP contribution in [0.25, 0.3) is 6.08 Å². The van der Waals surface area contributed by atoms with Crippen LogP contribution in [0.4, 0.5) is 0 Å². The number of nitriles is 1. The highest BCUT2D eigenvalue weighted by atomic mass is 79.9. The van der Waals surface area contributed by atoms with E-state index in [9.17, 15) is 15.2 Å². The molecule has 1 amide bonds. The van der Waals surface area contributed by atoms with Crippen LogP contribution in [-0.2, 0) is 9.53 Å². The van der Waals surface area contributed by atoms with Crippen molar-refractivity contribution < 1.29 is 19.4 Å². The number of phenols is 1. The predicted molar refractivity (Wildman–Crippen MR) is 83.3 cm³/mol. The number of nitrogens with zero attached hydrogens (tertiary/aromatic N) is 2. The number of ether oxygens (including phenoxy) is 2. The molecule has 1 aliphatic heterocycles. The molecule has 116 valence electrons. The van der Waals surface area contributed by atoms with Crippen LogP contribution in [0.15, 0.2) is 22.2 Å². The maximum Gasteiger partial charge on any atom is 0.264 e. The number of carbonyl (C=O) groups excluding carboxylic acids is 1. The van der Waals surface area contributed by atoms with Gasteiger partial charge in [0.1, 0.15) is 11.6 Å². The van der Waals surface area contributed by atoms with Gasteiger partial charge in [-0.25, -0.2) is 0 Å². The van der Waals surface area contributed by atoms with Crippen LogP contribution in [-0.4, -0.2) is 49.3 Å². The highest BCUT2D eigenvalue weighted by Crippen LogP contribution is 2.35. The maximum atomic E-state index is 12.3. The minimum Gasteiger partial charge on any atom is -0.503 e. The lowest BCUT2D eigenvalue weighted by atomic mass is 10.1. The van der Waals surface area contributed by atoms with Crippen LogP contribution in [0.1, 0.15) is 5.56 Å². The number of morpholine rings is 1. The van der Waals surface area contributed by atoms with Crippen molar-refractivity contribution in [3.63, 3.8) is 0 Å². The Bertz CT molecular complexity index is 646. The summed E-state index contributed by atoms with van der Waals surface area (Å²) in [5.74, 6) is -0.0941. The minimum atomic E-state index is -0.325. The Morgan fingerprint density at radius 3 is 2.77 bits per heavy atom. The van der Waals surface area contributed by atoms with Gasteiger partial charge in [-0.1, -0.05) is 0 Å². The Hall–Kier alpha value is -2.04. The zero-order chi connectivity index (χ0) is 16.1. The summed E-state index contributed by atoms with van der Waals surface area (Å²) in [5, 5.41) is 19.0. The molecule has 7 heteroatoms. The number of rotatable bonds is 3. The van der Waals surface area contributed by atoms with Gasteiger partial charge in [-0.15, -0.1) is 0 Å². The molecular formula is C15H15BrN2O4. The maximum absolute atomic E-state index is 12.3. The molecule has 2 rings (SSSR count). The van der Waals surface area contributed by atoms with Crippen LogP contribution in [0.2, 0.25) is 0 Å². The van der Waals surface area contributed by atoms with Gasteiger partial charge >= 0.3 is 0 Å². The monoisotopic (exact) mass is 366 g/mol. The van der Waals surface area contributed by atoms with E-state index < -0.39 is 0 Å². The normalized spacial score (nSPS) is 15.3. The van der Waals surface area contributed by atoms with Gasteiger partial charge in [0.15, 0.2) is 11.5 Å². The summed E-state index contributed by atoms with van der Waals surface area (Å²) in [6, 6.07) is 5.10. The number of hydrogen-bond acceptors (Lipinski definition) is 5. The Labute approximate surface area is 136 Å². The van der Waals surface area contributed by atoms with E-state index in [1.54, 1.807) is 17.0 Å². The summed E-state index contributed by atoms with van der Waals surface area (Å²) in [6.07, 6.45) is 1.48. The van der Waals surface area contributed by atoms with Crippen molar-refractivity contribution in [1.82, 2.24) is 4.90 Å². The van der Waals surface area contributed by atoms with Crippen LogP contribution in [0.3, 0.4) is 0 Å². The third-order valence-corrected chi connectivity index (χ3v) is 3.84. The Balaban J connectivity index is 2.30. The summed E-state index contributed by atoms with van der Waals surface area (Å²) >= 11 is 3.21. The first-order chi connectivity index (χ1) is 10.6. The van der Waals surface area contributed by atoms with E-state index in [-0.39, 0.29) is 23.0 Å². The highest BCUT2D eigenvalue weighted by Gasteiger charge is 2.20. The molecule has 1 heterocycles. The first-order valence-electron chi connectivity index (χ1n) is 6.62. The van der Waals surface area contributed by atoms with E-state index in [2.05, 4.69) is 15.9 Å². The molecule has 1 aromatic carbocycles. The van der Waals surface area contributed by atoms with Gasteiger partial charge in [-0.3, -0.25) is 4.79 Å². The van der Waals surface area contributed by atoms with Crippen molar-refractivity contribution in [1.29, 1.82) is 5.26 Å². The molecule has 1 aromatic rings. The van der Waals surface area contributed by atoms with Gasteiger partial charge in [-0.2, -0.15) is 5.26 Å². The van der Waals surface area contributed by atoms with Gasteiger partial charge in [0, 0.05) is 13.1 Å². The number of hydrogen-bond donors (Lipinski definition) is 1. The predicted octanol–water partition coefficient (Wildman–Crippen LogP) is 1.93. The number of benzene rings is 1. The van der Waals surface area contributed by atoms with Crippen molar-refractivity contribution in [3.05, 3.63) is 27.7 Å². The number of methoxy groups -OCH3 is 1. The lowest BCUT2D eigenvalue weighted by molar-refractivity contribution is -0.130. The second-order valence-electron chi connectivity index (χ2n) is 4.63. The molecule has 0 aliphatic carbocycles. The van der Waals surface area contributed by atoms with E-state index in [1.807, 2.05) is 6.07 Å². The smallest absolute Gasteiger partial charge is 0.264 e. The fraction of sp³-hybridized carbons (Fsp3) is 0.333. The van der Waals surface area contributed by atoms with Gasteiger partial charge in [0.05, 0.1) is 24.8 Å². The van der Waals surface area contributed by atoms with E-state index in [0.29, 0.717) is 36.3 Å². The zero-order valence-electron chi connectivity index (χ0n) is 12.0. The average Bonchev–Trinajstić information content (AvgIpc) is 2.55. The second-order valence-corrected chi connectivity index (χ2v) is 5.48. The summed E-state index contributed by atoms with van der Waals surface area (Å²) < 4.78 is 10.7. The molecule has 6 nitrogen and oxygen atoms in total. The van der Waals surface area contributed by atoms with Crippen molar-refractivity contribution in [3.8, 4) is 17.6 Å². The van der Waals surface area contributed by atoms with Gasteiger partial charge in [-0.05, 0) is 39.7 Å². The Morgan fingerprint density at radius 1 is 1.50 bits per heavy atom. The SMILES string of the molecule is COc1cc(/C=C(\C#N)C(=O)N2CCOCC2)cc(Br)c1O. The van der Waals surface area contributed by atoms with Crippen LogP contribution >= 0.6 is 15.9 Å². The zero-order valence-corrected chi connectivity index (χ0v) is 13.6. The number of halogens is 1. The van der Waals surface area contributed by atoms with E-state index >= 15 is 0 Å². The molecule has 0 saturated carbocycles. The molecule has 22 heavy (non-hydrogen) atoms. The summed E-state index contributed by atoms with van der Waals surface area (Å²) in [5.41, 5.74) is 0.612. The molecule has 1 fully saturated rings. The lowest BCUT2D eigenvalue weighted by Gasteiger charge is -2.26. The molecule has 0 aromatic heterocycles. The van der Waals surface area contributed by atoms with Crippen molar-refractivity contribution in [2.24, 2.45) is 0 Å². The first-order valence-corrected chi connectivity index (χ1v) is 7.41.